The Balaban J connectivity index is 2.16. The Kier molecular flexibility index (Phi) is 1.71. The van der Waals surface area contributed by atoms with E-state index >= 15 is 0 Å². The topological polar surface area (TPSA) is 20.2 Å². The molecule has 11 heavy (non-hydrogen) atoms. The van der Waals surface area contributed by atoms with E-state index in [4.69, 9.17) is 0 Å². The van der Waals surface area contributed by atoms with Crippen molar-refractivity contribution in [2.24, 2.45) is 11.8 Å². The zero-order valence-electron chi connectivity index (χ0n) is 7.34. The van der Waals surface area contributed by atoms with Crippen molar-refractivity contribution in [3.8, 4) is 0 Å². The molecule has 2 fully saturated rings. The van der Waals surface area contributed by atoms with E-state index in [0.29, 0.717) is 11.8 Å². The summed E-state index contributed by atoms with van der Waals surface area (Å²) < 4.78 is 0. The minimum absolute atomic E-state index is 0.252. The molecule has 0 aromatic rings. The minimum Gasteiger partial charge on any atom is -0.389 e. The Morgan fingerprint density at radius 3 is 2.73 bits per heavy atom. The third-order valence-electron chi connectivity index (χ3n) is 3.89. The first-order valence-corrected chi connectivity index (χ1v) is 4.96. The number of aliphatic hydroxyl groups is 1. The van der Waals surface area contributed by atoms with Crippen LogP contribution >= 0.6 is 0 Å². The highest BCUT2D eigenvalue weighted by Crippen LogP contribution is 2.48. The maximum atomic E-state index is 10.3. The summed E-state index contributed by atoms with van der Waals surface area (Å²) in [6, 6.07) is 0. The Morgan fingerprint density at radius 2 is 2.00 bits per heavy atom. The molecule has 0 heterocycles. The Morgan fingerprint density at radius 1 is 1.18 bits per heavy atom. The summed E-state index contributed by atoms with van der Waals surface area (Å²) >= 11 is 0. The normalized spacial score (nSPS) is 50.7. The van der Waals surface area contributed by atoms with E-state index in [9.17, 15) is 5.11 Å². The Labute approximate surface area is 68.8 Å². The zero-order valence-corrected chi connectivity index (χ0v) is 7.34. The van der Waals surface area contributed by atoms with Gasteiger partial charge in [-0.15, -0.1) is 0 Å². The van der Waals surface area contributed by atoms with Crippen molar-refractivity contribution in [1.29, 1.82) is 0 Å². The van der Waals surface area contributed by atoms with Crippen LogP contribution in [0.2, 0.25) is 0 Å². The van der Waals surface area contributed by atoms with Crippen molar-refractivity contribution in [2.75, 3.05) is 0 Å². The molecule has 0 spiro atoms. The quantitative estimate of drug-likeness (QED) is 0.568. The molecule has 0 saturated heterocycles. The van der Waals surface area contributed by atoms with E-state index in [0.717, 1.165) is 6.42 Å². The van der Waals surface area contributed by atoms with Gasteiger partial charge in [0.05, 0.1) is 5.60 Å². The van der Waals surface area contributed by atoms with Crippen LogP contribution < -0.4 is 0 Å². The lowest BCUT2D eigenvalue weighted by Crippen LogP contribution is -2.40. The van der Waals surface area contributed by atoms with Crippen molar-refractivity contribution in [3.05, 3.63) is 0 Å². The van der Waals surface area contributed by atoms with Gasteiger partial charge in [-0.2, -0.15) is 0 Å². The second-order valence-electron chi connectivity index (χ2n) is 4.41. The van der Waals surface area contributed by atoms with E-state index < -0.39 is 0 Å². The smallest absolute Gasteiger partial charge is 0.0701 e. The van der Waals surface area contributed by atoms with Crippen molar-refractivity contribution >= 4 is 0 Å². The van der Waals surface area contributed by atoms with Gasteiger partial charge in [0.15, 0.2) is 0 Å². The summed E-state index contributed by atoms with van der Waals surface area (Å²) in [4.78, 5) is 0. The zero-order chi connectivity index (χ0) is 7.90. The summed E-state index contributed by atoms with van der Waals surface area (Å²) in [5.74, 6) is 1.21. The highest BCUT2D eigenvalue weighted by molar-refractivity contribution is 4.98. The lowest BCUT2D eigenvalue weighted by Gasteiger charge is -2.37. The average molecular weight is 154 g/mol. The van der Waals surface area contributed by atoms with E-state index in [2.05, 4.69) is 6.92 Å². The largest absolute Gasteiger partial charge is 0.389 e. The third-order valence-corrected chi connectivity index (χ3v) is 3.89. The Hall–Kier alpha value is -0.0400. The number of hydrogen-bond acceptors (Lipinski definition) is 1. The summed E-state index contributed by atoms with van der Waals surface area (Å²) in [5.41, 5.74) is -0.252. The van der Waals surface area contributed by atoms with Crippen LogP contribution in [0.3, 0.4) is 0 Å². The first-order chi connectivity index (χ1) is 5.23. The predicted octanol–water partition coefficient (Wildman–Crippen LogP) is 2.34. The molecule has 0 aliphatic heterocycles. The number of fused-ring (bicyclic) bond motifs is 1. The van der Waals surface area contributed by atoms with Crippen molar-refractivity contribution in [3.63, 3.8) is 0 Å². The van der Waals surface area contributed by atoms with Gasteiger partial charge in [0, 0.05) is 0 Å². The van der Waals surface area contributed by atoms with Gasteiger partial charge in [0.25, 0.3) is 0 Å². The molecule has 1 N–H and O–H groups in total. The van der Waals surface area contributed by atoms with E-state index in [1.807, 2.05) is 0 Å². The number of hydrogen-bond donors (Lipinski definition) is 1. The van der Waals surface area contributed by atoms with Crippen LogP contribution in [0.5, 0.6) is 0 Å². The fourth-order valence-electron chi connectivity index (χ4n) is 3.00. The molecule has 0 aromatic heterocycles. The molecule has 0 unspecified atom stereocenters. The van der Waals surface area contributed by atoms with Crippen LogP contribution in [-0.2, 0) is 0 Å². The predicted molar refractivity (Wildman–Crippen MR) is 45.3 cm³/mol. The molecule has 2 rings (SSSR count). The van der Waals surface area contributed by atoms with Crippen molar-refractivity contribution in [1.82, 2.24) is 0 Å². The van der Waals surface area contributed by atoms with Crippen LogP contribution in [-0.4, -0.2) is 10.7 Å². The highest BCUT2D eigenvalue weighted by atomic mass is 16.3. The van der Waals surface area contributed by atoms with Gasteiger partial charge in [-0.3, -0.25) is 0 Å². The SMILES string of the molecule is C[C@@H]1CC[C@@H]2CCCC[C@@]21O. The summed E-state index contributed by atoms with van der Waals surface area (Å²) in [6.45, 7) is 2.21. The standard InChI is InChI=1S/C10H18O/c1-8-5-6-9-4-2-3-7-10(8,9)11/h8-9,11H,2-7H2,1H3/t8-,9+,10+/m1/s1. The summed E-state index contributed by atoms with van der Waals surface area (Å²) in [5, 5.41) is 10.3. The second-order valence-corrected chi connectivity index (χ2v) is 4.41. The van der Waals surface area contributed by atoms with Gasteiger partial charge in [0.1, 0.15) is 0 Å². The molecule has 0 aromatic carbocycles. The molecule has 3 atom stereocenters. The number of rotatable bonds is 0. The average Bonchev–Trinajstić information content (AvgIpc) is 2.29. The highest BCUT2D eigenvalue weighted by Gasteiger charge is 2.47. The molecule has 64 valence electrons. The van der Waals surface area contributed by atoms with Gasteiger partial charge in [-0.05, 0) is 37.5 Å². The maximum absolute atomic E-state index is 10.3. The molecule has 0 bridgehead atoms. The van der Waals surface area contributed by atoms with Crippen LogP contribution in [0, 0.1) is 11.8 Å². The lowest BCUT2D eigenvalue weighted by atomic mass is 9.74. The molecule has 2 aliphatic rings. The minimum atomic E-state index is -0.252. The monoisotopic (exact) mass is 154 g/mol. The van der Waals surface area contributed by atoms with Gasteiger partial charge < -0.3 is 5.11 Å². The maximum Gasteiger partial charge on any atom is 0.0701 e. The molecular formula is C10H18O. The van der Waals surface area contributed by atoms with Crippen LogP contribution in [0.25, 0.3) is 0 Å². The van der Waals surface area contributed by atoms with Gasteiger partial charge >= 0.3 is 0 Å². The molecule has 0 radical (unpaired) electrons. The van der Waals surface area contributed by atoms with E-state index in [-0.39, 0.29) is 5.60 Å². The lowest BCUT2D eigenvalue weighted by molar-refractivity contribution is -0.0571. The molecule has 1 heteroatoms. The van der Waals surface area contributed by atoms with Crippen molar-refractivity contribution in [2.45, 2.75) is 51.0 Å². The molecule has 2 saturated carbocycles. The van der Waals surface area contributed by atoms with Gasteiger partial charge in [0.2, 0.25) is 0 Å². The fraction of sp³-hybridized carbons (Fsp3) is 1.00. The molecule has 1 nitrogen and oxygen atoms in total. The van der Waals surface area contributed by atoms with Crippen LogP contribution in [0.1, 0.15) is 45.4 Å². The van der Waals surface area contributed by atoms with Crippen LogP contribution in [0.15, 0.2) is 0 Å². The first-order valence-electron chi connectivity index (χ1n) is 4.96. The summed E-state index contributed by atoms with van der Waals surface area (Å²) in [7, 11) is 0. The second kappa shape index (κ2) is 2.48. The molecule has 2 aliphatic carbocycles. The molecular weight excluding hydrogens is 136 g/mol. The van der Waals surface area contributed by atoms with Gasteiger partial charge in [-0.25, -0.2) is 0 Å². The fourth-order valence-corrected chi connectivity index (χ4v) is 3.00. The van der Waals surface area contributed by atoms with Crippen molar-refractivity contribution < 1.29 is 5.11 Å². The Bertz CT molecular complexity index is 153. The third kappa shape index (κ3) is 1.01. The summed E-state index contributed by atoms with van der Waals surface area (Å²) in [6.07, 6.45) is 7.47. The van der Waals surface area contributed by atoms with E-state index in [1.165, 1.54) is 32.1 Å². The van der Waals surface area contributed by atoms with Crippen LogP contribution in [0.4, 0.5) is 0 Å². The molecule has 0 amide bonds. The first kappa shape index (κ1) is 7.60. The van der Waals surface area contributed by atoms with E-state index in [1.54, 1.807) is 0 Å². The van der Waals surface area contributed by atoms with Gasteiger partial charge in [-0.1, -0.05) is 19.8 Å².